The molecular formula is C8H7ClN2O. The molecule has 2 rings (SSSR count). The maximum atomic E-state index is 5.81. The summed E-state index contributed by atoms with van der Waals surface area (Å²) in [5.41, 5.74) is 0. The minimum absolute atomic E-state index is 0.599. The molecule has 4 heteroatoms. The maximum absolute atomic E-state index is 5.81. The molecule has 12 heavy (non-hydrogen) atoms. The summed E-state index contributed by atoms with van der Waals surface area (Å²) in [6.07, 6.45) is 3.21. The molecule has 0 aliphatic carbocycles. The molecule has 0 unspecified atom stereocenters. The van der Waals surface area contributed by atoms with E-state index in [9.17, 15) is 0 Å². The zero-order valence-corrected chi connectivity index (χ0v) is 7.25. The van der Waals surface area contributed by atoms with Crippen molar-refractivity contribution >= 4 is 11.6 Å². The van der Waals surface area contributed by atoms with Gasteiger partial charge in [-0.2, -0.15) is 0 Å². The molecule has 0 saturated carbocycles. The van der Waals surface area contributed by atoms with Crippen LogP contribution in [0, 0.1) is 0 Å². The summed E-state index contributed by atoms with van der Waals surface area (Å²) in [6, 6.07) is 3.66. The lowest BCUT2D eigenvalue weighted by molar-refractivity contribution is 0.574. The SMILES string of the molecule is Cn1c(Cl)cnc1-c1ccco1. The highest BCUT2D eigenvalue weighted by molar-refractivity contribution is 6.29. The molecule has 2 heterocycles. The van der Waals surface area contributed by atoms with Crippen molar-refractivity contribution in [2.75, 3.05) is 0 Å². The van der Waals surface area contributed by atoms with Crippen molar-refractivity contribution in [3.63, 3.8) is 0 Å². The first-order valence-electron chi connectivity index (χ1n) is 3.50. The van der Waals surface area contributed by atoms with Gasteiger partial charge in [0.05, 0.1) is 12.5 Å². The predicted molar refractivity (Wildman–Crippen MR) is 45.9 cm³/mol. The van der Waals surface area contributed by atoms with Crippen LogP contribution in [-0.4, -0.2) is 9.55 Å². The molecule has 0 spiro atoms. The molecule has 2 aromatic rings. The van der Waals surface area contributed by atoms with Crippen LogP contribution < -0.4 is 0 Å². The molecule has 0 atom stereocenters. The number of hydrogen-bond acceptors (Lipinski definition) is 2. The lowest BCUT2D eigenvalue weighted by atomic mass is 10.4. The van der Waals surface area contributed by atoms with Crippen LogP contribution in [0.2, 0.25) is 5.15 Å². The second kappa shape index (κ2) is 2.68. The van der Waals surface area contributed by atoms with Gasteiger partial charge in [-0.15, -0.1) is 0 Å². The Morgan fingerprint density at radius 1 is 1.58 bits per heavy atom. The molecule has 0 fully saturated rings. The Morgan fingerprint density at radius 3 is 2.92 bits per heavy atom. The maximum Gasteiger partial charge on any atom is 0.177 e. The van der Waals surface area contributed by atoms with E-state index in [0.29, 0.717) is 5.15 Å². The van der Waals surface area contributed by atoms with Crippen molar-refractivity contribution in [3.8, 4) is 11.6 Å². The first kappa shape index (κ1) is 7.43. The van der Waals surface area contributed by atoms with Gasteiger partial charge >= 0.3 is 0 Å². The van der Waals surface area contributed by atoms with Gasteiger partial charge in [-0.3, -0.25) is 0 Å². The number of imidazole rings is 1. The lowest BCUT2D eigenvalue weighted by Gasteiger charge is -1.96. The van der Waals surface area contributed by atoms with E-state index in [1.165, 1.54) is 0 Å². The average Bonchev–Trinajstić information content (AvgIpc) is 2.64. The highest BCUT2D eigenvalue weighted by Gasteiger charge is 2.08. The zero-order valence-electron chi connectivity index (χ0n) is 6.49. The molecule has 0 aliphatic heterocycles. The first-order chi connectivity index (χ1) is 5.79. The van der Waals surface area contributed by atoms with E-state index in [1.54, 1.807) is 17.0 Å². The quantitative estimate of drug-likeness (QED) is 0.678. The third kappa shape index (κ3) is 1.02. The van der Waals surface area contributed by atoms with Gasteiger partial charge in [0, 0.05) is 7.05 Å². The molecule has 2 aromatic heterocycles. The van der Waals surface area contributed by atoms with Gasteiger partial charge in [-0.25, -0.2) is 4.98 Å². The molecule has 0 saturated heterocycles. The normalized spacial score (nSPS) is 10.5. The Labute approximate surface area is 74.6 Å². The van der Waals surface area contributed by atoms with Crippen LogP contribution >= 0.6 is 11.6 Å². The largest absolute Gasteiger partial charge is 0.461 e. The van der Waals surface area contributed by atoms with Gasteiger partial charge in [0.1, 0.15) is 5.15 Å². The van der Waals surface area contributed by atoms with E-state index in [0.717, 1.165) is 11.6 Å². The smallest absolute Gasteiger partial charge is 0.177 e. The van der Waals surface area contributed by atoms with E-state index in [1.807, 2.05) is 19.2 Å². The van der Waals surface area contributed by atoms with Crippen molar-refractivity contribution in [1.82, 2.24) is 9.55 Å². The number of halogens is 1. The van der Waals surface area contributed by atoms with Crippen molar-refractivity contribution < 1.29 is 4.42 Å². The van der Waals surface area contributed by atoms with Crippen LogP contribution in [0.1, 0.15) is 0 Å². The highest BCUT2D eigenvalue weighted by atomic mass is 35.5. The summed E-state index contributed by atoms with van der Waals surface area (Å²) >= 11 is 5.81. The van der Waals surface area contributed by atoms with E-state index >= 15 is 0 Å². The van der Waals surface area contributed by atoms with Crippen LogP contribution in [0.15, 0.2) is 29.0 Å². The molecule has 3 nitrogen and oxygen atoms in total. The van der Waals surface area contributed by atoms with Crippen molar-refractivity contribution in [2.45, 2.75) is 0 Å². The Morgan fingerprint density at radius 2 is 2.42 bits per heavy atom. The van der Waals surface area contributed by atoms with E-state index in [2.05, 4.69) is 4.98 Å². The Balaban J connectivity index is 2.55. The number of aromatic nitrogens is 2. The summed E-state index contributed by atoms with van der Waals surface area (Å²) in [5.74, 6) is 1.47. The van der Waals surface area contributed by atoms with Gasteiger partial charge in [-0.1, -0.05) is 11.6 Å². The zero-order chi connectivity index (χ0) is 8.55. The number of rotatable bonds is 1. The molecule has 62 valence electrons. The van der Waals surface area contributed by atoms with Gasteiger partial charge in [0.2, 0.25) is 0 Å². The molecule has 0 N–H and O–H groups in total. The van der Waals surface area contributed by atoms with Crippen LogP contribution in [0.4, 0.5) is 0 Å². The summed E-state index contributed by atoms with van der Waals surface area (Å²) in [6.45, 7) is 0. The topological polar surface area (TPSA) is 31.0 Å². The number of furan rings is 1. The van der Waals surface area contributed by atoms with E-state index in [4.69, 9.17) is 16.0 Å². The summed E-state index contributed by atoms with van der Waals surface area (Å²) in [5, 5.41) is 0.599. The predicted octanol–water partition coefficient (Wildman–Crippen LogP) is 2.33. The molecule has 0 aromatic carbocycles. The molecule has 0 radical (unpaired) electrons. The highest BCUT2D eigenvalue weighted by Crippen LogP contribution is 2.20. The summed E-state index contributed by atoms with van der Waals surface area (Å²) in [4.78, 5) is 4.10. The van der Waals surface area contributed by atoms with Gasteiger partial charge in [-0.05, 0) is 12.1 Å². The number of hydrogen-bond donors (Lipinski definition) is 0. The molecule has 0 bridgehead atoms. The Hall–Kier alpha value is -1.22. The van der Waals surface area contributed by atoms with E-state index in [-0.39, 0.29) is 0 Å². The van der Waals surface area contributed by atoms with E-state index < -0.39 is 0 Å². The minimum Gasteiger partial charge on any atom is -0.461 e. The minimum atomic E-state index is 0.599. The monoisotopic (exact) mass is 182 g/mol. The Kier molecular flexibility index (Phi) is 1.66. The van der Waals surface area contributed by atoms with Crippen LogP contribution in [0.5, 0.6) is 0 Å². The molecular weight excluding hydrogens is 176 g/mol. The molecule has 0 aliphatic rings. The fourth-order valence-electron chi connectivity index (χ4n) is 1.02. The lowest BCUT2D eigenvalue weighted by Crippen LogP contribution is -1.90. The first-order valence-corrected chi connectivity index (χ1v) is 3.88. The number of nitrogens with zero attached hydrogens (tertiary/aromatic N) is 2. The fourth-order valence-corrected chi connectivity index (χ4v) is 1.15. The summed E-state index contributed by atoms with van der Waals surface area (Å²) in [7, 11) is 1.84. The second-order valence-corrected chi connectivity index (χ2v) is 2.83. The van der Waals surface area contributed by atoms with Crippen molar-refractivity contribution in [1.29, 1.82) is 0 Å². The van der Waals surface area contributed by atoms with Gasteiger partial charge in [0.25, 0.3) is 0 Å². The standard InChI is InChI=1S/C8H7ClN2O/c1-11-7(9)5-10-8(11)6-3-2-4-12-6/h2-5H,1H3. The molecule has 0 amide bonds. The second-order valence-electron chi connectivity index (χ2n) is 2.44. The third-order valence-corrected chi connectivity index (χ3v) is 2.02. The van der Waals surface area contributed by atoms with Crippen LogP contribution in [-0.2, 0) is 7.05 Å². The van der Waals surface area contributed by atoms with Crippen LogP contribution in [0.25, 0.3) is 11.6 Å². The van der Waals surface area contributed by atoms with Crippen molar-refractivity contribution in [2.24, 2.45) is 7.05 Å². The fraction of sp³-hybridized carbons (Fsp3) is 0.125. The van der Waals surface area contributed by atoms with Crippen LogP contribution in [0.3, 0.4) is 0 Å². The van der Waals surface area contributed by atoms with Gasteiger partial charge in [0.15, 0.2) is 11.6 Å². The third-order valence-electron chi connectivity index (χ3n) is 1.67. The summed E-state index contributed by atoms with van der Waals surface area (Å²) < 4.78 is 6.94. The van der Waals surface area contributed by atoms with Gasteiger partial charge < -0.3 is 8.98 Å². The Bertz CT molecular complexity index is 378. The average molecular weight is 183 g/mol. The van der Waals surface area contributed by atoms with Crippen molar-refractivity contribution in [3.05, 3.63) is 29.7 Å².